The van der Waals surface area contributed by atoms with Gasteiger partial charge in [0.1, 0.15) is 5.82 Å². The molecule has 0 atom stereocenters. The van der Waals surface area contributed by atoms with Gasteiger partial charge in [-0.2, -0.15) is 0 Å². The molecule has 0 fully saturated rings. The SMILES string of the molecule is CCc1ncc(S(=O)(=O)NCc2cccs2)[nH]1. The van der Waals surface area contributed by atoms with Gasteiger partial charge in [0.25, 0.3) is 10.0 Å². The van der Waals surface area contributed by atoms with Crippen molar-refractivity contribution < 1.29 is 8.42 Å². The second-order valence-electron chi connectivity index (χ2n) is 3.45. The number of nitrogens with one attached hydrogen (secondary N) is 2. The molecule has 0 unspecified atom stereocenters. The Bertz CT molecular complexity index is 572. The number of nitrogens with zero attached hydrogens (tertiary/aromatic N) is 1. The topological polar surface area (TPSA) is 74.8 Å². The zero-order valence-corrected chi connectivity index (χ0v) is 10.9. The van der Waals surface area contributed by atoms with Crippen LogP contribution in [0.25, 0.3) is 0 Å². The van der Waals surface area contributed by atoms with Crippen LogP contribution in [0.1, 0.15) is 17.6 Å². The van der Waals surface area contributed by atoms with Gasteiger partial charge in [-0.1, -0.05) is 13.0 Å². The fourth-order valence-electron chi connectivity index (χ4n) is 1.32. The van der Waals surface area contributed by atoms with Crippen molar-refractivity contribution in [2.24, 2.45) is 0 Å². The fourth-order valence-corrected chi connectivity index (χ4v) is 3.00. The van der Waals surface area contributed by atoms with Crippen molar-refractivity contribution >= 4 is 21.4 Å². The van der Waals surface area contributed by atoms with Gasteiger partial charge in [-0.05, 0) is 11.4 Å². The maximum absolute atomic E-state index is 11.9. The third kappa shape index (κ3) is 2.93. The van der Waals surface area contributed by atoms with Crippen molar-refractivity contribution in [3.63, 3.8) is 0 Å². The minimum absolute atomic E-state index is 0.117. The van der Waals surface area contributed by atoms with Crippen molar-refractivity contribution in [2.45, 2.75) is 24.9 Å². The molecule has 2 rings (SSSR count). The zero-order chi connectivity index (χ0) is 12.3. The Morgan fingerprint density at radius 2 is 2.35 bits per heavy atom. The second kappa shape index (κ2) is 4.99. The van der Waals surface area contributed by atoms with E-state index in [1.54, 1.807) is 0 Å². The fraction of sp³-hybridized carbons (Fsp3) is 0.300. The quantitative estimate of drug-likeness (QED) is 0.865. The number of aryl methyl sites for hydroxylation is 1. The van der Waals surface area contributed by atoms with Gasteiger partial charge in [0.2, 0.25) is 0 Å². The number of aromatic nitrogens is 2. The van der Waals surface area contributed by atoms with Crippen LogP contribution in [0.4, 0.5) is 0 Å². The molecule has 92 valence electrons. The van der Waals surface area contributed by atoms with Crippen LogP contribution in [-0.4, -0.2) is 18.4 Å². The number of hydrogen-bond donors (Lipinski definition) is 2. The van der Waals surface area contributed by atoms with E-state index in [1.165, 1.54) is 17.5 Å². The number of rotatable bonds is 5. The van der Waals surface area contributed by atoms with Crippen LogP contribution in [0, 0.1) is 0 Å². The molecule has 17 heavy (non-hydrogen) atoms. The average Bonchev–Trinajstić information content (AvgIpc) is 2.98. The summed E-state index contributed by atoms with van der Waals surface area (Å²) in [5.74, 6) is 0.668. The molecule has 0 amide bonds. The first kappa shape index (κ1) is 12.3. The number of imidazole rings is 1. The minimum atomic E-state index is -3.49. The summed E-state index contributed by atoms with van der Waals surface area (Å²) in [6, 6.07) is 3.78. The summed E-state index contributed by atoms with van der Waals surface area (Å²) < 4.78 is 26.3. The molecule has 0 aromatic carbocycles. The molecule has 0 aliphatic heterocycles. The van der Waals surface area contributed by atoms with E-state index in [0.717, 1.165) is 4.88 Å². The van der Waals surface area contributed by atoms with Gasteiger partial charge in [-0.25, -0.2) is 18.1 Å². The van der Waals surface area contributed by atoms with Crippen LogP contribution in [0.2, 0.25) is 0 Å². The van der Waals surface area contributed by atoms with E-state index in [4.69, 9.17) is 0 Å². The van der Waals surface area contributed by atoms with Crippen LogP contribution in [-0.2, 0) is 23.0 Å². The first-order valence-electron chi connectivity index (χ1n) is 5.17. The third-order valence-electron chi connectivity index (χ3n) is 2.25. The van der Waals surface area contributed by atoms with Gasteiger partial charge in [0.05, 0.1) is 6.20 Å². The monoisotopic (exact) mass is 271 g/mol. The molecule has 0 saturated heterocycles. The first-order chi connectivity index (χ1) is 8.12. The molecule has 0 bridgehead atoms. The van der Waals surface area contributed by atoms with E-state index in [1.807, 2.05) is 24.4 Å². The van der Waals surface area contributed by atoms with Gasteiger partial charge in [0.15, 0.2) is 5.03 Å². The highest BCUT2D eigenvalue weighted by atomic mass is 32.2. The lowest BCUT2D eigenvalue weighted by Crippen LogP contribution is -2.23. The summed E-state index contributed by atoms with van der Waals surface area (Å²) in [6.07, 6.45) is 2.02. The number of thiophene rings is 1. The predicted octanol–water partition coefficient (Wildman–Crippen LogP) is 1.51. The third-order valence-corrected chi connectivity index (χ3v) is 4.43. The summed E-state index contributed by atoms with van der Waals surface area (Å²) in [5, 5.41) is 2.03. The average molecular weight is 271 g/mol. The predicted molar refractivity (Wildman–Crippen MR) is 66.3 cm³/mol. The Hall–Kier alpha value is -1.18. The van der Waals surface area contributed by atoms with Crippen molar-refractivity contribution in [2.75, 3.05) is 0 Å². The molecule has 2 heterocycles. The maximum atomic E-state index is 11.9. The van der Waals surface area contributed by atoms with Gasteiger partial charge in [-0.15, -0.1) is 11.3 Å². The lowest BCUT2D eigenvalue weighted by molar-refractivity contribution is 0.578. The Morgan fingerprint density at radius 1 is 1.53 bits per heavy atom. The highest BCUT2D eigenvalue weighted by molar-refractivity contribution is 7.89. The van der Waals surface area contributed by atoms with E-state index < -0.39 is 10.0 Å². The molecule has 2 aromatic heterocycles. The van der Waals surface area contributed by atoms with Gasteiger partial charge < -0.3 is 4.98 Å². The molecule has 5 nitrogen and oxygen atoms in total. The summed E-state index contributed by atoms with van der Waals surface area (Å²) in [4.78, 5) is 7.72. The van der Waals surface area contributed by atoms with Crippen LogP contribution in [0.15, 0.2) is 28.7 Å². The summed E-state index contributed by atoms with van der Waals surface area (Å²) in [7, 11) is -3.49. The van der Waals surface area contributed by atoms with Crippen LogP contribution in [0.3, 0.4) is 0 Å². The second-order valence-corrected chi connectivity index (χ2v) is 6.22. The maximum Gasteiger partial charge on any atom is 0.257 e. The van der Waals surface area contributed by atoms with E-state index in [2.05, 4.69) is 14.7 Å². The smallest absolute Gasteiger partial charge is 0.257 e. The molecule has 0 aliphatic carbocycles. The van der Waals surface area contributed by atoms with Crippen molar-refractivity contribution in [1.29, 1.82) is 0 Å². The van der Waals surface area contributed by atoms with E-state index in [9.17, 15) is 8.42 Å². The Morgan fingerprint density at radius 3 is 2.94 bits per heavy atom. The van der Waals surface area contributed by atoms with Gasteiger partial charge in [-0.3, -0.25) is 0 Å². The molecule has 0 aliphatic rings. The molecule has 2 N–H and O–H groups in total. The van der Waals surface area contributed by atoms with Crippen LogP contribution >= 0.6 is 11.3 Å². The first-order valence-corrected chi connectivity index (χ1v) is 7.54. The Kier molecular flexibility index (Phi) is 3.60. The lowest BCUT2D eigenvalue weighted by atomic mass is 10.5. The molecular weight excluding hydrogens is 258 g/mol. The highest BCUT2D eigenvalue weighted by Crippen LogP contribution is 2.10. The van der Waals surface area contributed by atoms with Gasteiger partial charge in [0, 0.05) is 17.8 Å². The summed E-state index contributed by atoms with van der Waals surface area (Å²) in [5.41, 5.74) is 0. The number of H-pyrrole nitrogens is 1. The highest BCUT2D eigenvalue weighted by Gasteiger charge is 2.16. The molecule has 2 aromatic rings. The standard InChI is InChI=1S/C10H13N3O2S2/c1-2-9-11-7-10(13-9)17(14,15)12-6-8-4-3-5-16-8/h3-5,7,12H,2,6H2,1H3,(H,11,13). The van der Waals surface area contributed by atoms with Crippen molar-refractivity contribution in [1.82, 2.24) is 14.7 Å². The van der Waals surface area contributed by atoms with E-state index >= 15 is 0 Å². The normalized spacial score (nSPS) is 11.8. The lowest BCUT2D eigenvalue weighted by Gasteiger charge is -2.02. The molecular formula is C10H13N3O2S2. The number of hydrogen-bond acceptors (Lipinski definition) is 4. The van der Waals surface area contributed by atoms with Crippen LogP contribution in [0.5, 0.6) is 0 Å². The molecule has 0 radical (unpaired) electrons. The zero-order valence-electron chi connectivity index (χ0n) is 9.30. The van der Waals surface area contributed by atoms with Gasteiger partial charge >= 0.3 is 0 Å². The summed E-state index contributed by atoms with van der Waals surface area (Å²) >= 11 is 1.52. The summed E-state index contributed by atoms with van der Waals surface area (Å²) in [6.45, 7) is 2.22. The van der Waals surface area contributed by atoms with Crippen molar-refractivity contribution in [3.05, 3.63) is 34.4 Å². The minimum Gasteiger partial charge on any atom is -0.332 e. The molecule has 0 spiro atoms. The van der Waals surface area contributed by atoms with Crippen molar-refractivity contribution in [3.8, 4) is 0 Å². The molecule has 0 saturated carbocycles. The Balaban J connectivity index is 2.08. The van der Waals surface area contributed by atoms with E-state index in [0.29, 0.717) is 18.8 Å². The largest absolute Gasteiger partial charge is 0.332 e. The number of aromatic amines is 1. The van der Waals surface area contributed by atoms with Crippen LogP contribution < -0.4 is 4.72 Å². The Labute approximate surface area is 104 Å². The molecule has 7 heteroatoms. The van der Waals surface area contributed by atoms with E-state index in [-0.39, 0.29) is 5.03 Å². The number of sulfonamides is 1.